The molecule has 7 unspecified atom stereocenters. The summed E-state index contributed by atoms with van der Waals surface area (Å²) in [4.78, 5) is 36.4. The zero-order valence-electron chi connectivity index (χ0n) is 28.9. The predicted octanol–water partition coefficient (Wildman–Crippen LogP) is -16.7. The zero-order chi connectivity index (χ0) is 34.6. The first-order valence-corrected chi connectivity index (χ1v) is 14.2. The minimum atomic E-state index is -2.22. The van der Waals surface area contributed by atoms with Crippen LogP contribution in [-0.4, -0.2) is 125 Å². The van der Waals surface area contributed by atoms with E-state index in [0.29, 0.717) is 0 Å². The number of hydrogen-bond donors (Lipinski definition) is 8. The normalized spacial score (nSPS) is 32.8. The summed E-state index contributed by atoms with van der Waals surface area (Å²) in [7, 11) is 0. The van der Waals surface area contributed by atoms with Crippen molar-refractivity contribution in [2.24, 2.45) is 28.9 Å². The number of ether oxygens (including phenoxy) is 5. The molecule has 0 amide bonds. The van der Waals surface area contributed by atoms with Crippen LogP contribution in [0.1, 0.15) is 41.5 Å². The average Bonchev–Trinajstić information content (AvgIpc) is 2.89. The summed E-state index contributed by atoms with van der Waals surface area (Å²) >= 11 is 0. The van der Waals surface area contributed by atoms with E-state index in [4.69, 9.17) is 35.4 Å². The van der Waals surface area contributed by atoms with Crippen LogP contribution in [0, 0.1) is 17.3 Å². The molecule has 2 aliphatic rings. The molecule has 2 rings (SSSR count). The number of carbonyl (C=O) groups is 3. The van der Waals surface area contributed by atoms with Crippen molar-refractivity contribution in [3.63, 3.8) is 0 Å². The summed E-state index contributed by atoms with van der Waals surface area (Å²) < 4.78 is 27.6. The molecule has 0 aromatic carbocycles. The number of hydrazine groups is 2. The molecule has 0 aromatic rings. The minimum Gasteiger partial charge on any atom is -0.547 e. The second-order valence-electron chi connectivity index (χ2n) is 13.1. The molecule has 48 heavy (non-hydrogen) atoms. The van der Waals surface area contributed by atoms with Gasteiger partial charge in [0.2, 0.25) is 0 Å². The van der Waals surface area contributed by atoms with Crippen LogP contribution in [-0.2, 0) is 38.1 Å². The van der Waals surface area contributed by atoms with Crippen molar-refractivity contribution in [1.82, 2.24) is 10.9 Å². The Bertz CT molecular complexity index is 1020. The van der Waals surface area contributed by atoms with Crippen molar-refractivity contribution in [1.29, 1.82) is 0 Å². The molecule has 19 nitrogen and oxygen atoms in total. The van der Waals surface area contributed by atoms with Crippen LogP contribution in [0.4, 0.5) is 0 Å². The standard InChI is InChI=1S/C26H48N4O15.3Na/c1-25(2,3)12-14(32)16(34)23(44-19(12)22(39)40)42-10(8-30-28)17(20(35)36)41-9(7-29-27)11-13(31)15(33)24(45-26(4,5)6)43-18(11)21(37)38;;;/h9-19,23-24,29-34H,7-8,27-28H2,1-6H3,(H,35,36)(H,37,38)(H,39,40);;;/q;3*+1/p-3/t9?,10?,11-,12-,13-,14-,15?,16?,17?,18?,19?,23-,24+;;;/m1.../s1. The summed E-state index contributed by atoms with van der Waals surface area (Å²) in [6, 6.07) is 0. The van der Waals surface area contributed by atoms with E-state index in [1.165, 1.54) is 0 Å². The Labute approximate surface area is 344 Å². The smallest absolute Gasteiger partial charge is 0.547 e. The maximum atomic E-state index is 12.4. The van der Waals surface area contributed by atoms with Gasteiger partial charge in [0.05, 0.1) is 41.8 Å². The van der Waals surface area contributed by atoms with Crippen LogP contribution in [0.3, 0.4) is 0 Å². The van der Waals surface area contributed by atoms with Gasteiger partial charge < -0.3 is 73.8 Å². The minimum absolute atomic E-state index is 0. The molecule has 0 bridgehead atoms. The summed E-state index contributed by atoms with van der Waals surface area (Å²) in [6.45, 7) is 8.41. The van der Waals surface area contributed by atoms with Crippen molar-refractivity contribution in [3.05, 3.63) is 0 Å². The maximum absolute atomic E-state index is 12.4. The Morgan fingerprint density at radius 2 is 1.25 bits per heavy atom. The van der Waals surface area contributed by atoms with E-state index in [0.717, 1.165) is 0 Å². The van der Waals surface area contributed by atoms with E-state index < -0.39 is 121 Å². The number of hydrogen-bond acceptors (Lipinski definition) is 19. The molecular formula is C26H45N4Na3O15. The monoisotopic (exact) mass is 722 g/mol. The van der Waals surface area contributed by atoms with Gasteiger partial charge in [-0.1, -0.05) is 20.8 Å². The van der Waals surface area contributed by atoms with Gasteiger partial charge in [0.15, 0.2) is 12.6 Å². The Kier molecular flexibility index (Phi) is 22.9. The third-order valence-electron chi connectivity index (χ3n) is 7.46. The fraction of sp³-hybridized carbons (Fsp3) is 0.885. The molecule has 10 N–H and O–H groups in total. The van der Waals surface area contributed by atoms with Crippen LogP contribution in [0.2, 0.25) is 0 Å². The predicted molar refractivity (Wildman–Crippen MR) is 142 cm³/mol. The Morgan fingerprint density at radius 1 is 0.771 bits per heavy atom. The molecule has 2 heterocycles. The topological polar surface area (TPSA) is 324 Å². The SMILES string of the molecule is CC(C)(C)O[C@@H]1OC(C(=O)[O-])[C@H](C(CNN)OC(C(=O)[O-])C(CNN)O[C@@H]2OC(C(=O)[O-])[C@H](C(C)(C)C)[C@@H](O)C2O)[C@@H](O)C1O.[Na+].[Na+].[Na+]. The largest absolute Gasteiger partial charge is 1.00 e. The van der Waals surface area contributed by atoms with Gasteiger partial charge in [-0.3, -0.25) is 22.5 Å². The molecule has 0 spiro atoms. The number of nitrogens with two attached hydrogens (primary N) is 2. The van der Waals surface area contributed by atoms with Crippen LogP contribution >= 0.6 is 0 Å². The fourth-order valence-corrected chi connectivity index (χ4v) is 5.49. The third kappa shape index (κ3) is 13.4. The third-order valence-corrected chi connectivity index (χ3v) is 7.46. The number of nitrogens with one attached hydrogen (secondary N) is 2. The number of carbonyl (C=O) groups excluding carboxylic acids is 3. The number of carboxylic acid groups (broad SMARTS) is 3. The fourth-order valence-electron chi connectivity index (χ4n) is 5.49. The van der Waals surface area contributed by atoms with Gasteiger partial charge >= 0.3 is 88.7 Å². The van der Waals surface area contributed by atoms with Gasteiger partial charge in [-0.05, 0) is 26.2 Å². The molecular weight excluding hydrogens is 677 g/mol. The van der Waals surface area contributed by atoms with E-state index >= 15 is 0 Å². The van der Waals surface area contributed by atoms with E-state index in [9.17, 15) is 50.1 Å². The number of aliphatic hydroxyl groups is 4. The molecule has 2 saturated heterocycles. The van der Waals surface area contributed by atoms with E-state index in [1.807, 2.05) is 0 Å². The van der Waals surface area contributed by atoms with Crippen LogP contribution < -0.4 is 127 Å². The number of carboxylic acids is 3. The number of aliphatic hydroxyl groups excluding tert-OH is 4. The van der Waals surface area contributed by atoms with Crippen molar-refractivity contribution < 1.29 is 162 Å². The van der Waals surface area contributed by atoms with Crippen LogP contribution in [0.25, 0.3) is 0 Å². The summed E-state index contributed by atoms with van der Waals surface area (Å²) in [6.07, 6.45) is -20.6. The van der Waals surface area contributed by atoms with Gasteiger partial charge in [0.1, 0.15) is 36.6 Å². The quantitative estimate of drug-likeness (QED) is 0.0469. The summed E-state index contributed by atoms with van der Waals surface area (Å²) in [5.41, 5.74) is 2.45. The van der Waals surface area contributed by atoms with Crippen molar-refractivity contribution in [2.45, 2.75) is 115 Å². The molecule has 0 aromatic heterocycles. The Balaban J connectivity index is 0. The molecule has 0 radical (unpaired) electrons. The van der Waals surface area contributed by atoms with Gasteiger partial charge in [-0.2, -0.15) is 0 Å². The summed E-state index contributed by atoms with van der Waals surface area (Å²) in [5, 5.41) is 79.7. The van der Waals surface area contributed by atoms with E-state index in [1.54, 1.807) is 41.5 Å². The Morgan fingerprint density at radius 3 is 1.67 bits per heavy atom. The molecule has 22 heteroatoms. The van der Waals surface area contributed by atoms with E-state index in [2.05, 4.69) is 10.9 Å². The van der Waals surface area contributed by atoms with Gasteiger partial charge in [0, 0.05) is 24.9 Å². The molecule has 0 aliphatic carbocycles. The second kappa shape index (κ2) is 21.6. The summed E-state index contributed by atoms with van der Waals surface area (Å²) in [5.74, 6) is 2.36. The van der Waals surface area contributed by atoms with Gasteiger partial charge in [0.25, 0.3) is 0 Å². The van der Waals surface area contributed by atoms with Gasteiger partial charge in [-0.15, -0.1) is 0 Å². The van der Waals surface area contributed by atoms with Crippen molar-refractivity contribution >= 4 is 17.9 Å². The average molecular weight is 723 g/mol. The molecule has 2 fully saturated rings. The first-order valence-electron chi connectivity index (χ1n) is 14.2. The van der Waals surface area contributed by atoms with Crippen molar-refractivity contribution in [2.75, 3.05) is 13.1 Å². The second-order valence-corrected chi connectivity index (χ2v) is 13.1. The molecule has 262 valence electrons. The number of aliphatic carboxylic acids is 3. The number of rotatable bonds is 14. The van der Waals surface area contributed by atoms with Crippen LogP contribution in [0.5, 0.6) is 0 Å². The van der Waals surface area contributed by atoms with Crippen molar-refractivity contribution in [3.8, 4) is 0 Å². The molecule has 2 aliphatic heterocycles. The van der Waals surface area contributed by atoms with Gasteiger partial charge in [-0.25, -0.2) is 0 Å². The maximum Gasteiger partial charge on any atom is 1.00 e. The zero-order valence-corrected chi connectivity index (χ0v) is 34.9. The Hall–Kier alpha value is 0.890. The first kappa shape index (κ1) is 51.0. The molecule has 13 atom stereocenters. The van der Waals surface area contributed by atoms with E-state index in [-0.39, 0.29) is 88.7 Å². The first-order chi connectivity index (χ1) is 20.7. The molecule has 0 saturated carbocycles. The van der Waals surface area contributed by atoms with Crippen LogP contribution in [0.15, 0.2) is 0 Å².